The molecule has 5 nitrogen and oxygen atoms in total. The largest absolute Gasteiger partial charge is 0.342 e. The molecule has 2 amide bonds. The number of hydrogen-bond acceptors (Lipinski definition) is 3. The molecule has 0 unspecified atom stereocenters. The van der Waals surface area contributed by atoms with Gasteiger partial charge >= 0.3 is 0 Å². The molecule has 1 saturated heterocycles. The average Bonchev–Trinajstić information content (AvgIpc) is 3.17. The van der Waals surface area contributed by atoms with Crippen LogP contribution in [-0.2, 0) is 16.1 Å². The lowest BCUT2D eigenvalue weighted by molar-refractivity contribution is -0.128. The SMILES string of the molecule is C=CCN1C(=O)/C(=C/c2cn(Cc3cccc4ccccc34)c3ccccc23)C(=O)NC1=S. The Labute approximate surface area is 196 Å². The Hall–Kier alpha value is -4.03. The van der Waals surface area contributed by atoms with Crippen LogP contribution in [0.15, 0.2) is 91.2 Å². The number of nitrogens with one attached hydrogen (secondary N) is 1. The van der Waals surface area contributed by atoms with E-state index in [0.717, 1.165) is 16.5 Å². The first-order chi connectivity index (χ1) is 16.1. The highest BCUT2D eigenvalue weighted by Crippen LogP contribution is 2.27. The lowest BCUT2D eigenvalue weighted by Gasteiger charge is -2.27. The number of para-hydroxylation sites is 1. The lowest BCUT2D eigenvalue weighted by atomic mass is 10.0. The van der Waals surface area contributed by atoms with E-state index in [2.05, 4.69) is 46.8 Å². The van der Waals surface area contributed by atoms with Crippen LogP contribution in [0.1, 0.15) is 11.1 Å². The number of aromatic nitrogens is 1. The number of benzene rings is 3. The van der Waals surface area contributed by atoms with E-state index in [1.54, 1.807) is 12.2 Å². The van der Waals surface area contributed by atoms with Gasteiger partial charge in [0.1, 0.15) is 5.57 Å². The van der Waals surface area contributed by atoms with E-state index in [1.807, 2.05) is 42.6 Å². The molecular formula is C27H21N3O2S. The van der Waals surface area contributed by atoms with Gasteiger partial charge in [0.05, 0.1) is 0 Å². The van der Waals surface area contributed by atoms with Crippen LogP contribution in [0.4, 0.5) is 0 Å². The third-order valence-electron chi connectivity index (χ3n) is 5.84. The number of nitrogens with zero attached hydrogens (tertiary/aromatic N) is 2. The Morgan fingerprint density at radius 2 is 1.67 bits per heavy atom. The first kappa shape index (κ1) is 20.8. The van der Waals surface area contributed by atoms with Crippen molar-refractivity contribution in [3.8, 4) is 0 Å². The fourth-order valence-electron chi connectivity index (χ4n) is 4.28. The van der Waals surface area contributed by atoms with Gasteiger partial charge in [-0.2, -0.15) is 0 Å². The van der Waals surface area contributed by atoms with Gasteiger partial charge < -0.3 is 4.57 Å². The average molecular weight is 452 g/mol. The summed E-state index contributed by atoms with van der Waals surface area (Å²) in [6.45, 7) is 4.57. The molecule has 0 bridgehead atoms. The standard InChI is InChI=1S/C27H21N3O2S/c1-2-14-30-26(32)23(25(31)28-27(30)33)15-20-17-29(24-13-6-5-12-22(20)24)16-19-10-7-9-18-8-3-4-11-21(18)19/h2-13,15,17H,1,14,16H2,(H,28,31,33)/b23-15+. The topological polar surface area (TPSA) is 54.3 Å². The summed E-state index contributed by atoms with van der Waals surface area (Å²) in [5, 5.41) is 6.06. The first-order valence-electron chi connectivity index (χ1n) is 10.6. The number of fused-ring (bicyclic) bond motifs is 2. The molecule has 2 heterocycles. The highest BCUT2D eigenvalue weighted by atomic mass is 32.1. The third-order valence-corrected chi connectivity index (χ3v) is 6.16. The second-order valence-electron chi connectivity index (χ2n) is 7.89. The maximum Gasteiger partial charge on any atom is 0.265 e. The minimum Gasteiger partial charge on any atom is -0.342 e. The number of rotatable bonds is 5. The summed E-state index contributed by atoms with van der Waals surface area (Å²) in [4.78, 5) is 26.9. The van der Waals surface area contributed by atoms with Crippen LogP contribution < -0.4 is 5.32 Å². The zero-order chi connectivity index (χ0) is 22.9. The van der Waals surface area contributed by atoms with Crippen molar-refractivity contribution in [2.24, 2.45) is 0 Å². The van der Waals surface area contributed by atoms with E-state index in [4.69, 9.17) is 12.2 Å². The van der Waals surface area contributed by atoms with Crippen molar-refractivity contribution in [3.05, 3.63) is 102 Å². The molecule has 0 atom stereocenters. The van der Waals surface area contributed by atoms with Crippen molar-refractivity contribution in [2.75, 3.05) is 6.54 Å². The number of thiocarbonyl (C=S) groups is 1. The number of hydrogen-bond donors (Lipinski definition) is 1. The monoisotopic (exact) mass is 451 g/mol. The van der Waals surface area contributed by atoms with Crippen molar-refractivity contribution >= 4 is 56.9 Å². The molecule has 1 aliphatic rings. The van der Waals surface area contributed by atoms with Crippen LogP contribution in [0, 0.1) is 0 Å². The minimum absolute atomic E-state index is 0.0542. The van der Waals surface area contributed by atoms with Crippen LogP contribution in [0.2, 0.25) is 0 Å². The maximum absolute atomic E-state index is 13.0. The van der Waals surface area contributed by atoms with Crippen LogP contribution in [0.3, 0.4) is 0 Å². The first-order valence-corrected chi connectivity index (χ1v) is 11.0. The Morgan fingerprint density at radius 1 is 0.939 bits per heavy atom. The predicted molar refractivity (Wildman–Crippen MR) is 136 cm³/mol. The van der Waals surface area contributed by atoms with Gasteiger partial charge in [0.25, 0.3) is 11.8 Å². The molecule has 5 rings (SSSR count). The fraction of sp³-hybridized carbons (Fsp3) is 0.0741. The molecule has 0 spiro atoms. The summed E-state index contributed by atoms with van der Waals surface area (Å²) in [6, 6.07) is 22.6. The zero-order valence-corrected chi connectivity index (χ0v) is 18.6. The van der Waals surface area contributed by atoms with Gasteiger partial charge in [-0.25, -0.2) is 0 Å². The van der Waals surface area contributed by atoms with Crippen LogP contribution in [0.25, 0.3) is 27.8 Å². The number of carbonyl (C=O) groups excluding carboxylic acids is 2. The lowest BCUT2D eigenvalue weighted by Crippen LogP contribution is -2.53. The van der Waals surface area contributed by atoms with E-state index in [0.29, 0.717) is 6.54 Å². The zero-order valence-electron chi connectivity index (χ0n) is 17.8. The molecule has 162 valence electrons. The quantitative estimate of drug-likeness (QED) is 0.208. The molecule has 0 radical (unpaired) electrons. The number of carbonyl (C=O) groups is 2. The molecule has 1 fully saturated rings. The van der Waals surface area contributed by atoms with Crippen molar-refractivity contribution in [1.82, 2.24) is 14.8 Å². The fourth-order valence-corrected chi connectivity index (χ4v) is 4.53. The molecule has 1 N–H and O–H groups in total. The van der Waals surface area contributed by atoms with E-state index in [9.17, 15) is 9.59 Å². The maximum atomic E-state index is 13.0. The summed E-state index contributed by atoms with van der Waals surface area (Å²) in [7, 11) is 0. The van der Waals surface area contributed by atoms with Crippen LogP contribution >= 0.6 is 12.2 Å². The highest BCUT2D eigenvalue weighted by Gasteiger charge is 2.32. The van der Waals surface area contributed by atoms with Gasteiger partial charge in [0, 0.05) is 35.8 Å². The molecule has 33 heavy (non-hydrogen) atoms. The molecule has 1 aromatic heterocycles. The van der Waals surface area contributed by atoms with E-state index >= 15 is 0 Å². The van der Waals surface area contributed by atoms with Gasteiger partial charge in [0.2, 0.25) is 0 Å². The Balaban J connectivity index is 1.59. The van der Waals surface area contributed by atoms with Gasteiger partial charge in [-0.3, -0.25) is 19.8 Å². The minimum atomic E-state index is -0.490. The van der Waals surface area contributed by atoms with Gasteiger partial charge in [-0.1, -0.05) is 66.7 Å². The molecule has 6 heteroatoms. The van der Waals surface area contributed by atoms with E-state index in [-0.39, 0.29) is 17.2 Å². The summed E-state index contributed by atoms with van der Waals surface area (Å²) in [5.74, 6) is -0.911. The predicted octanol–water partition coefficient (Wildman–Crippen LogP) is 4.66. The summed E-state index contributed by atoms with van der Waals surface area (Å²) in [5.41, 5.74) is 3.08. The van der Waals surface area contributed by atoms with Crippen molar-refractivity contribution in [3.63, 3.8) is 0 Å². The molecule has 0 saturated carbocycles. The van der Waals surface area contributed by atoms with Gasteiger partial charge in [-0.15, -0.1) is 6.58 Å². The second kappa shape index (κ2) is 8.48. The van der Waals surface area contributed by atoms with Crippen molar-refractivity contribution < 1.29 is 9.59 Å². The molecule has 1 aliphatic heterocycles. The van der Waals surface area contributed by atoms with Crippen LogP contribution in [-0.4, -0.2) is 32.9 Å². The summed E-state index contributed by atoms with van der Waals surface area (Å²) in [6.07, 6.45) is 5.22. The summed E-state index contributed by atoms with van der Waals surface area (Å²) < 4.78 is 2.15. The smallest absolute Gasteiger partial charge is 0.265 e. The summed E-state index contributed by atoms with van der Waals surface area (Å²) >= 11 is 5.15. The van der Waals surface area contributed by atoms with E-state index < -0.39 is 11.8 Å². The Kier molecular flexibility index (Phi) is 5.36. The number of amides is 2. The third kappa shape index (κ3) is 3.75. The van der Waals surface area contributed by atoms with Gasteiger partial charge in [0.15, 0.2) is 5.11 Å². The molecular weight excluding hydrogens is 430 g/mol. The van der Waals surface area contributed by atoms with Crippen molar-refractivity contribution in [2.45, 2.75) is 6.54 Å². The Bertz CT molecular complexity index is 1480. The van der Waals surface area contributed by atoms with Crippen molar-refractivity contribution in [1.29, 1.82) is 0 Å². The van der Waals surface area contributed by atoms with E-state index in [1.165, 1.54) is 21.2 Å². The second-order valence-corrected chi connectivity index (χ2v) is 8.28. The normalized spacial score (nSPS) is 15.5. The van der Waals surface area contributed by atoms with Crippen LogP contribution in [0.5, 0.6) is 0 Å². The van der Waals surface area contributed by atoms with Gasteiger partial charge in [-0.05, 0) is 40.7 Å². The highest BCUT2D eigenvalue weighted by molar-refractivity contribution is 7.80. The molecule has 3 aromatic carbocycles. The Morgan fingerprint density at radius 3 is 2.48 bits per heavy atom. The molecule has 0 aliphatic carbocycles. The molecule has 4 aromatic rings.